The van der Waals surface area contributed by atoms with Gasteiger partial charge in [0.2, 0.25) is 5.88 Å². The first kappa shape index (κ1) is 15.3. The summed E-state index contributed by atoms with van der Waals surface area (Å²) < 4.78 is 10.6. The lowest BCUT2D eigenvalue weighted by molar-refractivity contribution is 0.0526. The Labute approximate surface area is 114 Å². The highest BCUT2D eigenvalue weighted by Crippen LogP contribution is 2.20. The van der Waals surface area contributed by atoms with E-state index >= 15 is 0 Å². The number of nitrogens with zero attached hydrogens (tertiary/aromatic N) is 1. The lowest BCUT2D eigenvalue weighted by Crippen LogP contribution is -2.16. The molecule has 106 valence electrons. The first-order valence-electron chi connectivity index (χ1n) is 6.53. The van der Waals surface area contributed by atoms with Crippen molar-refractivity contribution in [3.8, 4) is 5.88 Å². The molecule has 19 heavy (non-hydrogen) atoms. The molecule has 1 rings (SSSR count). The SMILES string of the molecule is CCOC(=O)c1cc(OC(C)CC(C)C)ncc1N. The Morgan fingerprint density at radius 1 is 1.42 bits per heavy atom. The molecule has 5 heteroatoms. The van der Waals surface area contributed by atoms with Gasteiger partial charge in [0.15, 0.2) is 0 Å². The number of anilines is 1. The van der Waals surface area contributed by atoms with E-state index in [1.165, 1.54) is 12.3 Å². The fourth-order valence-corrected chi connectivity index (χ4v) is 1.81. The number of ether oxygens (including phenoxy) is 2. The van der Waals surface area contributed by atoms with Crippen LogP contribution in [0.1, 0.15) is 44.5 Å². The maximum atomic E-state index is 11.7. The first-order valence-corrected chi connectivity index (χ1v) is 6.53. The summed E-state index contributed by atoms with van der Waals surface area (Å²) in [5, 5.41) is 0. The molecule has 0 radical (unpaired) electrons. The van der Waals surface area contributed by atoms with Crippen LogP contribution in [0.5, 0.6) is 5.88 Å². The molecule has 0 spiro atoms. The quantitative estimate of drug-likeness (QED) is 0.801. The average Bonchev–Trinajstić information content (AvgIpc) is 2.30. The number of hydrogen-bond donors (Lipinski definition) is 1. The minimum Gasteiger partial charge on any atom is -0.475 e. The molecule has 1 aromatic rings. The molecule has 0 saturated carbocycles. The molecule has 0 fully saturated rings. The topological polar surface area (TPSA) is 74.4 Å². The van der Waals surface area contributed by atoms with Gasteiger partial charge in [-0.25, -0.2) is 9.78 Å². The van der Waals surface area contributed by atoms with Gasteiger partial charge in [-0.05, 0) is 26.2 Å². The summed E-state index contributed by atoms with van der Waals surface area (Å²) in [6.07, 6.45) is 2.37. The monoisotopic (exact) mass is 266 g/mol. The molecule has 5 nitrogen and oxygen atoms in total. The summed E-state index contributed by atoms with van der Waals surface area (Å²) in [7, 11) is 0. The third kappa shape index (κ3) is 4.77. The van der Waals surface area contributed by atoms with Crippen molar-refractivity contribution in [2.75, 3.05) is 12.3 Å². The molecule has 2 N–H and O–H groups in total. The summed E-state index contributed by atoms with van der Waals surface area (Å²) in [6.45, 7) is 8.28. The van der Waals surface area contributed by atoms with E-state index in [2.05, 4.69) is 18.8 Å². The Morgan fingerprint density at radius 3 is 2.68 bits per heavy atom. The molecule has 0 amide bonds. The van der Waals surface area contributed by atoms with Crippen molar-refractivity contribution in [3.05, 3.63) is 17.8 Å². The fourth-order valence-electron chi connectivity index (χ4n) is 1.81. The lowest BCUT2D eigenvalue weighted by Gasteiger charge is -2.16. The van der Waals surface area contributed by atoms with Crippen molar-refractivity contribution in [1.82, 2.24) is 4.98 Å². The van der Waals surface area contributed by atoms with Crippen molar-refractivity contribution in [2.24, 2.45) is 5.92 Å². The van der Waals surface area contributed by atoms with Crippen LogP contribution in [-0.4, -0.2) is 23.7 Å². The maximum absolute atomic E-state index is 11.7. The Bertz CT molecular complexity index is 433. The number of nitrogen functional groups attached to an aromatic ring is 1. The van der Waals surface area contributed by atoms with Crippen molar-refractivity contribution < 1.29 is 14.3 Å². The average molecular weight is 266 g/mol. The number of nitrogens with two attached hydrogens (primary N) is 1. The van der Waals surface area contributed by atoms with E-state index in [1.54, 1.807) is 6.92 Å². The largest absolute Gasteiger partial charge is 0.475 e. The second kappa shape index (κ2) is 6.97. The standard InChI is InChI=1S/C14H22N2O3/c1-5-18-14(17)11-7-13(16-8-12(11)15)19-10(4)6-9(2)3/h7-10H,5-6,15H2,1-4H3. The third-order valence-corrected chi connectivity index (χ3v) is 2.53. The zero-order valence-electron chi connectivity index (χ0n) is 12.0. The Balaban J connectivity index is 2.81. The molecule has 1 heterocycles. The summed E-state index contributed by atoms with van der Waals surface area (Å²) in [4.78, 5) is 15.8. The van der Waals surface area contributed by atoms with Crippen LogP contribution >= 0.6 is 0 Å². The van der Waals surface area contributed by atoms with Gasteiger partial charge in [-0.2, -0.15) is 0 Å². The number of carbonyl (C=O) groups is 1. The van der Waals surface area contributed by atoms with Gasteiger partial charge < -0.3 is 15.2 Å². The van der Waals surface area contributed by atoms with E-state index < -0.39 is 5.97 Å². The second-order valence-electron chi connectivity index (χ2n) is 4.89. The van der Waals surface area contributed by atoms with E-state index in [-0.39, 0.29) is 6.10 Å². The highest BCUT2D eigenvalue weighted by atomic mass is 16.5. The molecule has 1 atom stereocenters. The predicted octanol–water partition coefficient (Wildman–Crippen LogP) is 2.65. The van der Waals surface area contributed by atoms with Gasteiger partial charge in [0.1, 0.15) is 0 Å². The van der Waals surface area contributed by atoms with E-state index in [4.69, 9.17) is 15.2 Å². The zero-order chi connectivity index (χ0) is 14.4. The van der Waals surface area contributed by atoms with Crippen molar-refractivity contribution in [1.29, 1.82) is 0 Å². The Morgan fingerprint density at radius 2 is 2.11 bits per heavy atom. The number of aromatic nitrogens is 1. The van der Waals surface area contributed by atoms with Crippen LogP contribution in [0.25, 0.3) is 0 Å². The molecular weight excluding hydrogens is 244 g/mol. The lowest BCUT2D eigenvalue weighted by atomic mass is 10.1. The number of pyridine rings is 1. The van der Waals surface area contributed by atoms with Gasteiger partial charge in [-0.15, -0.1) is 0 Å². The van der Waals surface area contributed by atoms with Crippen LogP contribution in [0, 0.1) is 5.92 Å². The summed E-state index contributed by atoms with van der Waals surface area (Å²) in [6, 6.07) is 1.53. The summed E-state index contributed by atoms with van der Waals surface area (Å²) >= 11 is 0. The van der Waals surface area contributed by atoms with Gasteiger partial charge in [-0.3, -0.25) is 0 Å². The van der Waals surface area contributed by atoms with Crippen LogP contribution < -0.4 is 10.5 Å². The fraction of sp³-hybridized carbons (Fsp3) is 0.571. The van der Waals surface area contributed by atoms with Crippen molar-refractivity contribution >= 4 is 11.7 Å². The number of esters is 1. The van der Waals surface area contributed by atoms with E-state index in [9.17, 15) is 4.79 Å². The normalized spacial score (nSPS) is 12.3. The molecule has 0 aliphatic carbocycles. The molecule has 1 unspecified atom stereocenters. The first-order chi connectivity index (χ1) is 8.93. The summed E-state index contributed by atoms with van der Waals surface area (Å²) in [5.41, 5.74) is 6.30. The van der Waals surface area contributed by atoms with Crippen LogP contribution in [0.4, 0.5) is 5.69 Å². The smallest absolute Gasteiger partial charge is 0.340 e. The predicted molar refractivity (Wildman–Crippen MR) is 74.2 cm³/mol. The highest BCUT2D eigenvalue weighted by molar-refractivity contribution is 5.95. The van der Waals surface area contributed by atoms with Crippen LogP contribution in [0.2, 0.25) is 0 Å². The van der Waals surface area contributed by atoms with Gasteiger partial charge in [0, 0.05) is 6.07 Å². The minimum absolute atomic E-state index is 0.0335. The minimum atomic E-state index is -0.455. The molecule has 0 aliphatic heterocycles. The molecule has 1 aromatic heterocycles. The number of hydrogen-bond acceptors (Lipinski definition) is 5. The zero-order valence-corrected chi connectivity index (χ0v) is 12.0. The molecular formula is C14H22N2O3. The highest BCUT2D eigenvalue weighted by Gasteiger charge is 2.14. The van der Waals surface area contributed by atoms with Crippen LogP contribution in [0.3, 0.4) is 0 Å². The van der Waals surface area contributed by atoms with E-state index in [0.717, 1.165) is 6.42 Å². The summed E-state index contributed by atoms with van der Waals surface area (Å²) in [5.74, 6) is 0.475. The van der Waals surface area contributed by atoms with Crippen LogP contribution in [-0.2, 0) is 4.74 Å². The van der Waals surface area contributed by atoms with Crippen LogP contribution in [0.15, 0.2) is 12.3 Å². The van der Waals surface area contributed by atoms with E-state index in [1.807, 2.05) is 6.92 Å². The van der Waals surface area contributed by atoms with Crippen molar-refractivity contribution in [2.45, 2.75) is 40.2 Å². The van der Waals surface area contributed by atoms with Gasteiger partial charge in [0.25, 0.3) is 0 Å². The number of rotatable bonds is 6. The van der Waals surface area contributed by atoms with E-state index in [0.29, 0.717) is 29.7 Å². The second-order valence-corrected chi connectivity index (χ2v) is 4.89. The Hall–Kier alpha value is -1.78. The molecule has 0 saturated heterocycles. The maximum Gasteiger partial charge on any atom is 0.340 e. The van der Waals surface area contributed by atoms with Gasteiger partial charge >= 0.3 is 5.97 Å². The Kier molecular flexibility index (Phi) is 5.60. The molecule has 0 bridgehead atoms. The molecule has 0 aliphatic rings. The molecule has 0 aromatic carbocycles. The van der Waals surface area contributed by atoms with Gasteiger partial charge in [0.05, 0.1) is 30.2 Å². The van der Waals surface area contributed by atoms with Crippen molar-refractivity contribution in [3.63, 3.8) is 0 Å². The van der Waals surface area contributed by atoms with Gasteiger partial charge in [-0.1, -0.05) is 13.8 Å². The number of carbonyl (C=O) groups excluding carboxylic acids is 1. The third-order valence-electron chi connectivity index (χ3n) is 2.53.